The van der Waals surface area contributed by atoms with Crippen LogP contribution in [-0.2, 0) is 4.79 Å². The molecule has 2 bridgehead atoms. The molecule has 4 aliphatic carbocycles. The second kappa shape index (κ2) is 3.90. The van der Waals surface area contributed by atoms with Crippen LogP contribution >= 0.6 is 0 Å². The van der Waals surface area contributed by atoms with Gasteiger partial charge < -0.3 is 0 Å². The van der Waals surface area contributed by atoms with Gasteiger partial charge in [-0.1, -0.05) is 33.6 Å². The van der Waals surface area contributed by atoms with Crippen LogP contribution in [0.15, 0.2) is 0 Å². The molecule has 1 heteroatoms. The summed E-state index contributed by atoms with van der Waals surface area (Å²) in [6.07, 6.45) is 11.7. The molecule has 0 aromatic rings. The van der Waals surface area contributed by atoms with Crippen molar-refractivity contribution in [1.29, 1.82) is 0 Å². The molecule has 112 valence electrons. The van der Waals surface area contributed by atoms with Crippen molar-refractivity contribution in [2.75, 3.05) is 0 Å². The van der Waals surface area contributed by atoms with Crippen LogP contribution in [0.25, 0.3) is 0 Å². The standard InChI is InChI=1S/C19H30O/c1-13-5-4-8-18(3)14(13)6-10-19-11-16(20)17(2,12-19)9-7-15(18)19/h13-15H,4-12H2,1-3H3/t13-,14+,15-,17-,18+,19-/m0/s1. The molecule has 4 rings (SSSR count). The molecule has 0 unspecified atom stereocenters. The first-order chi connectivity index (χ1) is 9.40. The molecule has 0 aliphatic heterocycles. The first-order valence-electron chi connectivity index (χ1n) is 8.93. The van der Waals surface area contributed by atoms with Crippen molar-refractivity contribution >= 4 is 5.78 Å². The maximum absolute atomic E-state index is 12.6. The van der Waals surface area contributed by atoms with E-state index in [1.165, 1.54) is 51.4 Å². The molecule has 4 fully saturated rings. The van der Waals surface area contributed by atoms with E-state index in [9.17, 15) is 4.79 Å². The van der Waals surface area contributed by atoms with Crippen molar-refractivity contribution in [1.82, 2.24) is 0 Å². The van der Waals surface area contributed by atoms with E-state index in [4.69, 9.17) is 0 Å². The summed E-state index contributed by atoms with van der Waals surface area (Å²) in [5.41, 5.74) is 1.01. The highest BCUT2D eigenvalue weighted by Gasteiger charge is 2.65. The molecule has 0 aromatic carbocycles. The van der Waals surface area contributed by atoms with Gasteiger partial charge in [0.2, 0.25) is 0 Å². The molecule has 6 atom stereocenters. The molecule has 0 radical (unpaired) electrons. The molecule has 20 heavy (non-hydrogen) atoms. The lowest BCUT2D eigenvalue weighted by Gasteiger charge is -2.62. The molecule has 0 amide bonds. The fraction of sp³-hybridized carbons (Fsp3) is 0.947. The highest BCUT2D eigenvalue weighted by molar-refractivity contribution is 5.88. The first-order valence-corrected chi connectivity index (χ1v) is 8.93. The van der Waals surface area contributed by atoms with Crippen molar-refractivity contribution in [2.24, 2.45) is 34.0 Å². The average molecular weight is 274 g/mol. The van der Waals surface area contributed by atoms with Gasteiger partial charge in [-0.25, -0.2) is 0 Å². The molecule has 4 saturated carbocycles. The summed E-state index contributed by atoms with van der Waals surface area (Å²) in [6, 6.07) is 0. The number of carbonyl (C=O) groups is 1. The highest BCUT2D eigenvalue weighted by Crippen LogP contribution is 2.71. The zero-order valence-corrected chi connectivity index (χ0v) is 13.5. The largest absolute Gasteiger partial charge is 0.299 e. The van der Waals surface area contributed by atoms with Crippen LogP contribution < -0.4 is 0 Å². The number of hydrogen-bond acceptors (Lipinski definition) is 1. The fourth-order valence-corrected chi connectivity index (χ4v) is 7.43. The van der Waals surface area contributed by atoms with Crippen LogP contribution in [0.5, 0.6) is 0 Å². The molecule has 0 heterocycles. The average Bonchev–Trinajstić information content (AvgIpc) is 2.55. The van der Waals surface area contributed by atoms with Crippen molar-refractivity contribution in [3.8, 4) is 0 Å². The summed E-state index contributed by atoms with van der Waals surface area (Å²) in [6.45, 7) is 7.36. The second-order valence-corrected chi connectivity index (χ2v) is 9.31. The summed E-state index contributed by atoms with van der Waals surface area (Å²) in [5, 5.41) is 0. The topological polar surface area (TPSA) is 17.1 Å². The van der Waals surface area contributed by atoms with Gasteiger partial charge in [0, 0.05) is 11.8 Å². The molecule has 4 aliphatic rings. The minimum absolute atomic E-state index is 0.0555. The molecular weight excluding hydrogens is 244 g/mol. The smallest absolute Gasteiger partial charge is 0.139 e. The normalized spacial score (nSPS) is 58.1. The SMILES string of the molecule is C[C@H]1CCC[C@]2(C)[C@@H]1CC[C@@]13CC(=O)[C@@](C)(CC[C@H]12)C3. The van der Waals surface area contributed by atoms with Crippen LogP contribution in [-0.4, -0.2) is 5.78 Å². The Bertz CT molecular complexity index is 455. The van der Waals surface area contributed by atoms with Gasteiger partial charge in [-0.15, -0.1) is 0 Å². The van der Waals surface area contributed by atoms with Crippen molar-refractivity contribution < 1.29 is 4.79 Å². The third-order valence-electron chi connectivity index (χ3n) is 8.31. The molecule has 1 nitrogen and oxygen atoms in total. The highest BCUT2D eigenvalue weighted by atomic mass is 16.1. The zero-order valence-electron chi connectivity index (χ0n) is 13.5. The monoisotopic (exact) mass is 274 g/mol. The summed E-state index contributed by atoms with van der Waals surface area (Å²) in [7, 11) is 0. The molecule has 1 spiro atoms. The van der Waals surface area contributed by atoms with Crippen molar-refractivity contribution in [2.45, 2.75) is 78.6 Å². The number of Topliss-reactive ketones (excluding diaryl/α,β-unsaturated/α-hetero) is 1. The van der Waals surface area contributed by atoms with Gasteiger partial charge in [0.15, 0.2) is 0 Å². The Kier molecular flexibility index (Phi) is 2.60. The van der Waals surface area contributed by atoms with Crippen LogP contribution in [0, 0.1) is 34.0 Å². The number of hydrogen-bond donors (Lipinski definition) is 0. The van der Waals surface area contributed by atoms with E-state index < -0.39 is 0 Å². The third-order valence-corrected chi connectivity index (χ3v) is 8.31. The number of fused-ring (bicyclic) bond motifs is 3. The quantitative estimate of drug-likeness (QED) is 0.608. The Hall–Kier alpha value is -0.330. The van der Waals surface area contributed by atoms with Gasteiger partial charge >= 0.3 is 0 Å². The lowest BCUT2D eigenvalue weighted by molar-refractivity contribution is -0.128. The van der Waals surface area contributed by atoms with Gasteiger partial charge in [0.1, 0.15) is 5.78 Å². The number of ketones is 1. The van der Waals surface area contributed by atoms with E-state index in [0.29, 0.717) is 16.6 Å². The minimum atomic E-state index is 0.0555. The van der Waals surface area contributed by atoms with Crippen molar-refractivity contribution in [3.63, 3.8) is 0 Å². The van der Waals surface area contributed by atoms with Crippen LogP contribution in [0.2, 0.25) is 0 Å². The minimum Gasteiger partial charge on any atom is -0.299 e. The van der Waals surface area contributed by atoms with E-state index >= 15 is 0 Å². The van der Waals surface area contributed by atoms with E-state index in [1.807, 2.05) is 0 Å². The second-order valence-electron chi connectivity index (χ2n) is 9.31. The maximum Gasteiger partial charge on any atom is 0.139 e. The molecular formula is C19H30O. The van der Waals surface area contributed by atoms with Gasteiger partial charge in [-0.2, -0.15) is 0 Å². The van der Waals surface area contributed by atoms with E-state index in [2.05, 4.69) is 20.8 Å². The number of carbonyl (C=O) groups excluding carboxylic acids is 1. The molecule has 0 aromatic heterocycles. The van der Waals surface area contributed by atoms with E-state index in [1.54, 1.807) is 0 Å². The zero-order chi connectivity index (χ0) is 14.2. The van der Waals surface area contributed by atoms with Gasteiger partial charge in [-0.3, -0.25) is 4.79 Å². The lowest BCUT2D eigenvalue weighted by Crippen LogP contribution is -2.54. The van der Waals surface area contributed by atoms with Crippen LogP contribution in [0.4, 0.5) is 0 Å². The van der Waals surface area contributed by atoms with Crippen LogP contribution in [0.1, 0.15) is 78.6 Å². The van der Waals surface area contributed by atoms with Crippen molar-refractivity contribution in [3.05, 3.63) is 0 Å². The Morgan fingerprint density at radius 2 is 1.85 bits per heavy atom. The summed E-state index contributed by atoms with van der Waals surface area (Å²) >= 11 is 0. The summed E-state index contributed by atoms with van der Waals surface area (Å²) in [4.78, 5) is 12.6. The van der Waals surface area contributed by atoms with E-state index in [0.717, 1.165) is 24.2 Å². The van der Waals surface area contributed by atoms with Crippen LogP contribution in [0.3, 0.4) is 0 Å². The first kappa shape index (κ1) is 13.3. The summed E-state index contributed by atoms with van der Waals surface area (Å²) in [5.74, 6) is 3.30. The van der Waals surface area contributed by atoms with Gasteiger partial charge in [-0.05, 0) is 67.1 Å². The molecule has 0 saturated heterocycles. The lowest BCUT2D eigenvalue weighted by atomic mass is 9.43. The van der Waals surface area contributed by atoms with Gasteiger partial charge in [0.05, 0.1) is 0 Å². The predicted molar refractivity (Wildman–Crippen MR) is 81.4 cm³/mol. The summed E-state index contributed by atoms with van der Waals surface area (Å²) < 4.78 is 0. The van der Waals surface area contributed by atoms with E-state index in [-0.39, 0.29) is 5.41 Å². The third kappa shape index (κ3) is 1.48. The predicted octanol–water partition coefficient (Wildman–Crippen LogP) is 4.99. The Labute approximate surface area is 123 Å². The molecule has 0 N–H and O–H groups in total. The number of rotatable bonds is 0. The Morgan fingerprint density at radius 3 is 2.65 bits per heavy atom. The fourth-order valence-electron chi connectivity index (χ4n) is 7.43. The Balaban J connectivity index is 1.74. The van der Waals surface area contributed by atoms with Gasteiger partial charge in [0.25, 0.3) is 0 Å². The maximum atomic E-state index is 12.6. The Morgan fingerprint density at radius 1 is 1.05 bits per heavy atom.